The molecule has 29 heavy (non-hydrogen) atoms. The Morgan fingerprint density at radius 2 is 1.97 bits per heavy atom. The number of alkyl halides is 3. The average molecular weight is 408 g/mol. The van der Waals surface area contributed by atoms with E-state index in [1.54, 1.807) is 35.3 Å². The van der Waals surface area contributed by atoms with Crippen molar-refractivity contribution in [2.45, 2.75) is 19.1 Å². The summed E-state index contributed by atoms with van der Waals surface area (Å²) in [6.45, 7) is -0.902. The normalized spacial score (nSPS) is 11.6. The van der Waals surface area contributed by atoms with Crippen LogP contribution in [-0.4, -0.2) is 51.7 Å². The van der Waals surface area contributed by atoms with Crippen molar-refractivity contribution in [2.24, 2.45) is 0 Å². The highest BCUT2D eigenvalue weighted by Crippen LogP contribution is 2.20. The van der Waals surface area contributed by atoms with Gasteiger partial charge in [0.1, 0.15) is 5.75 Å². The van der Waals surface area contributed by atoms with Crippen molar-refractivity contribution in [3.63, 3.8) is 0 Å². The molecule has 0 unspecified atom stereocenters. The van der Waals surface area contributed by atoms with Crippen LogP contribution in [0.15, 0.2) is 42.7 Å². The van der Waals surface area contributed by atoms with E-state index in [0.29, 0.717) is 17.8 Å². The van der Waals surface area contributed by atoms with Gasteiger partial charge in [0.2, 0.25) is 5.91 Å². The van der Waals surface area contributed by atoms with Gasteiger partial charge in [0, 0.05) is 24.3 Å². The second kappa shape index (κ2) is 8.91. The number of hydrogen-bond donors (Lipinski definition) is 2. The van der Waals surface area contributed by atoms with Crippen LogP contribution in [0.3, 0.4) is 0 Å². The molecule has 1 aromatic carbocycles. The second-order valence-electron chi connectivity index (χ2n) is 6.32. The Kier molecular flexibility index (Phi) is 6.32. The molecule has 3 rings (SSSR count). The maximum absolute atomic E-state index is 12.2. The number of amides is 1. The Labute approximate surface area is 164 Å². The monoisotopic (exact) mass is 408 g/mol. The number of benzene rings is 1. The molecule has 0 atom stereocenters. The first kappa shape index (κ1) is 20.6. The molecule has 154 valence electrons. The van der Waals surface area contributed by atoms with Crippen molar-refractivity contribution in [3.8, 4) is 5.75 Å². The third-order valence-electron chi connectivity index (χ3n) is 4.00. The van der Waals surface area contributed by atoms with Crippen molar-refractivity contribution in [2.75, 3.05) is 19.8 Å². The summed E-state index contributed by atoms with van der Waals surface area (Å²) in [5.74, 6) is -0.113. The van der Waals surface area contributed by atoms with Gasteiger partial charge in [0.25, 0.3) is 0 Å². The molecule has 0 spiro atoms. The summed E-state index contributed by atoms with van der Waals surface area (Å²) in [7, 11) is 0. The molecule has 0 bridgehead atoms. The van der Waals surface area contributed by atoms with Crippen LogP contribution in [-0.2, 0) is 17.8 Å². The molecule has 1 amide bonds. The standard InChI is InChI=1S/C19H19F3N4O3/c20-19(21,22)12-29-14-3-1-13(2-4-14)10-26-11-15-16(25-26)5-6-23-17(15)9-18(28)24-7-8-27/h1-6,11,27H,7-10,12H2,(H,24,28). The van der Waals surface area contributed by atoms with E-state index in [-0.39, 0.29) is 31.2 Å². The largest absolute Gasteiger partial charge is 0.484 e. The maximum Gasteiger partial charge on any atom is 0.422 e. The fraction of sp³-hybridized carbons (Fsp3) is 0.316. The number of carbonyl (C=O) groups is 1. The van der Waals surface area contributed by atoms with Gasteiger partial charge >= 0.3 is 6.18 Å². The van der Waals surface area contributed by atoms with Crippen LogP contribution in [0.2, 0.25) is 0 Å². The summed E-state index contributed by atoms with van der Waals surface area (Å²) < 4.78 is 43.0. The molecule has 0 aliphatic carbocycles. The zero-order valence-electron chi connectivity index (χ0n) is 15.3. The molecule has 0 fully saturated rings. The Hall–Kier alpha value is -3.14. The van der Waals surface area contributed by atoms with E-state index in [0.717, 1.165) is 10.9 Å². The third-order valence-corrected chi connectivity index (χ3v) is 4.00. The van der Waals surface area contributed by atoms with E-state index >= 15 is 0 Å². The Morgan fingerprint density at radius 1 is 1.21 bits per heavy atom. The number of aromatic nitrogens is 3. The highest BCUT2D eigenvalue weighted by molar-refractivity contribution is 5.86. The predicted molar refractivity (Wildman–Crippen MR) is 98.4 cm³/mol. The lowest BCUT2D eigenvalue weighted by atomic mass is 10.2. The van der Waals surface area contributed by atoms with Crippen LogP contribution in [0.4, 0.5) is 13.2 Å². The van der Waals surface area contributed by atoms with Gasteiger partial charge in [0.05, 0.1) is 30.8 Å². The van der Waals surface area contributed by atoms with Crippen LogP contribution >= 0.6 is 0 Å². The Balaban J connectivity index is 1.69. The number of fused-ring (bicyclic) bond motifs is 1. The van der Waals surface area contributed by atoms with Crippen molar-refractivity contribution >= 4 is 16.8 Å². The molecular weight excluding hydrogens is 389 g/mol. The van der Waals surface area contributed by atoms with E-state index in [2.05, 4.69) is 15.4 Å². The highest BCUT2D eigenvalue weighted by atomic mass is 19.4. The quantitative estimate of drug-likeness (QED) is 0.596. The lowest BCUT2D eigenvalue weighted by molar-refractivity contribution is -0.153. The third kappa shape index (κ3) is 5.92. The number of rotatable bonds is 8. The van der Waals surface area contributed by atoms with Crippen molar-refractivity contribution < 1.29 is 27.8 Å². The lowest BCUT2D eigenvalue weighted by Crippen LogP contribution is -2.28. The van der Waals surface area contributed by atoms with Crippen LogP contribution in [0.1, 0.15) is 11.3 Å². The minimum atomic E-state index is -4.38. The minimum absolute atomic E-state index is 0.0638. The molecule has 0 aliphatic heterocycles. The smallest absolute Gasteiger partial charge is 0.422 e. The number of ether oxygens (including phenoxy) is 1. The van der Waals surface area contributed by atoms with Gasteiger partial charge in [-0.05, 0) is 23.8 Å². The fourth-order valence-corrected chi connectivity index (χ4v) is 2.72. The summed E-state index contributed by atoms with van der Waals surface area (Å²) in [6.07, 6.45) is -0.977. The first-order valence-corrected chi connectivity index (χ1v) is 8.81. The topological polar surface area (TPSA) is 89.3 Å². The first-order chi connectivity index (χ1) is 13.8. The lowest BCUT2D eigenvalue weighted by Gasteiger charge is -2.09. The number of carbonyl (C=O) groups excluding carboxylic acids is 1. The van der Waals surface area contributed by atoms with Crippen molar-refractivity contribution in [1.29, 1.82) is 0 Å². The predicted octanol–water partition coefficient (Wildman–Crippen LogP) is 2.07. The number of hydrogen-bond acceptors (Lipinski definition) is 5. The SMILES string of the molecule is O=C(Cc1nccc2nn(Cc3ccc(OCC(F)(F)F)cc3)cc12)NCCO. The van der Waals surface area contributed by atoms with Gasteiger partial charge in [-0.15, -0.1) is 0 Å². The molecule has 3 aromatic rings. The summed E-state index contributed by atoms with van der Waals surface area (Å²) in [4.78, 5) is 16.1. The Bertz CT molecular complexity index is 971. The van der Waals surface area contributed by atoms with E-state index in [1.807, 2.05) is 0 Å². The second-order valence-corrected chi connectivity index (χ2v) is 6.32. The summed E-state index contributed by atoms with van der Waals surface area (Å²) >= 11 is 0. The first-order valence-electron chi connectivity index (χ1n) is 8.81. The molecule has 0 aliphatic rings. The minimum Gasteiger partial charge on any atom is -0.484 e. The fourth-order valence-electron chi connectivity index (χ4n) is 2.72. The molecule has 0 saturated heterocycles. The van der Waals surface area contributed by atoms with Gasteiger partial charge in [-0.2, -0.15) is 18.3 Å². The van der Waals surface area contributed by atoms with Crippen LogP contribution in [0.5, 0.6) is 5.75 Å². The van der Waals surface area contributed by atoms with Gasteiger partial charge in [0.15, 0.2) is 6.61 Å². The van der Waals surface area contributed by atoms with Crippen LogP contribution in [0.25, 0.3) is 10.9 Å². The van der Waals surface area contributed by atoms with E-state index < -0.39 is 12.8 Å². The molecule has 10 heteroatoms. The van der Waals surface area contributed by atoms with Gasteiger partial charge in [-0.25, -0.2) is 0 Å². The molecule has 0 saturated carbocycles. The van der Waals surface area contributed by atoms with Gasteiger partial charge in [-0.3, -0.25) is 14.5 Å². The van der Waals surface area contributed by atoms with Crippen LogP contribution < -0.4 is 10.1 Å². The summed E-state index contributed by atoms with van der Waals surface area (Å²) in [6, 6.07) is 8.01. The number of nitrogens with one attached hydrogen (secondary N) is 1. The molecule has 2 aromatic heterocycles. The number of pyridine rings is 1. The number of nitrogens with zero attached hydrogens (tertiary/aromatic N) is 3. The maximum atomic E-state index is 12.2. The Morgan fingerprint density at radius 3 is 2.66 bits per heavy atom. The average Bonchev–Trinajstić information content (AvgIpc) is 3.09. The molecular formula is C19H19F3N4O3. The molecule has 2 heterocycles. The van der Waals surface area contributed by atoms with Gasteiger partial charge in [-0.1, -0.05) is 12.1 Å². The summed E-state index contributed by atoms with van der Waals surface area (Å²) in [5, 5.41) is 16.5. The highest BCUT2D eigenvalue weighted by Gasteiger charge is 2.28. The zero-order valence-corrected chi connectivity index (χ0v) is 15.3. The van der Waals surface area contributed by atoms with Crippen molar-refractivity contribution in [3.05, 3.63) is 54.0 Å². The van der Waals surface area contributed by atoms with Crippen LogP contribution in [0, 0.1) is 0 Å². The zero-order chi connectivity index (χ0) is 20.9. The van der Waals surface area contributed by atoms with E-state index in [9.17, 15) is 18.0 Å². The summed E-state index contributed by atoms with van der Waals surface area (Å²) in [5.41, 5.74) is 2.07. The van der Waals surface area contributed by atoms with E-state index in [1.165, 1.54) is 12.1 Å². The number of aliphatic hydroxyl groups excluding tert-OH is 1. The molecule has 2 N–H and O–H groups in total. The number of halogens is 3. The molecule has 0 radical (unpaired) electrons. The molecule has 7 nitrogen and oxygen atoms in total. The van der Waals surface area contributed by atoms with Crippen molar-refractivity contribution in [1.82, 2.24) is 20.1 Å². The van der Waals surface area contributed by atoms with Gasteiger partial charge < -0.3 is 15.2 Å². The van der Waals surface area contributed by atoms with E-state index in [4.69, 9.17) is 9.84 Å². The number of aliphatic hydroxyl groups is 1.